The number of rotatable bonds is 6. The fraction of sp³-hybridized carbons (Fsp3) is 0.273. The van der Waals surface area contributed by atoms with Crippen LogP contribution in [0.5, 0.6) is 5.75 Å². The van der Waals surface area contributed by atoms with Crippen molar-refractivity contribution in [2.75, 3.05) is 18.9 Å². The van der Waals surface area contributed by atoms with Crippen LogP contribution in [0, 0.1) is 0 Å². The molecule has 0 unspecified atom stereocenters. The van der Waals surface area contributed by atoms with Gasteiger partial charge in [-0.2, -0.15) is 0 Å². The van der Waals surface area contributed by atoms with Gasteiger partial charge >= 0.3 is 5.97 Å². The molecule has 6 nitrogen and oxygen atoms in total. The van der Waals surface area contributed by atoms with E-state index in [-0.39, 0.29) is 13.0 Å². The van der Waals surface area contributed by atoms with Gasteiger partial charge in [0, 0.05) is 0 Å². The van der Waals surface area contributed by atoms with Gasteiger partial charge in [-0.25, -0.2) is 0 Å². The zero-order chi connectivity index (χ0) is 12.7. The van der Waals surface area contributed by atoms with Crippen LogP contribution in [0.3, 0.4) is 0 Å². The van der Waals surface area contributed by atoms with Crippen LogP contribution >= 0.6 is 0 Å². The van der Waals surface area contributed by atoms with E-state index in [1.807, 2.05) is 0 Å². The number of benzene rings is 1. The second-order valence-electron chi connectivity index (χ2n) is 3.26. The standard InChI is InChI=1S/C11H14N2O4/c12-8-3-1-2-4-9(8)16-6-5-11(15)17-7-10(13)14/h1-4H,5-7,12H2,(H2,13,14). The lowest BCUT2D eigenvalue weighted by Gasteiger charge is -2.07. The molecule has 0 aliphatic heterocycles. The third kappa shape index (κ3) is 4.87. The topological polar surface area (TPSA) is 105 Å². The summed E-state index contributed by atoms with van der Waals surface area (Å²) in [5.74, 6) is -0.722. The normalized spacial score (nSPS) is 9.65. The van der Waals surface area contributed by atoms with E-state index in [0.29, 0.717) is 11.4 Å². The summed E-state index contributed by atoms with van der Waals surface area (Å²) in [6.45, 7) is -0.280. The number of carbonyl (C=O) groups excluding carboxylic acids is 2. The Morgan fingerprint density at radius 3 is 2.59 bits per heavy atom. The highest BCUT2D eigenvalue weighted by molar-refractivity contribution is 5.79. The number of para-hydroxylation sites is 2. The lowest BCUT2D eigenvalue weighted by Crippen LogP contribution is -2.21. The number of ether oxygens (including phenoxy) is 2. The Balaban J connectivity index is 2.26. The molecule has 0 aliphatic carbocycles. The molecule has 6 heteroatoms. The first-order valence-corrected chi connectivity index (χ1v) is 5.01. The van der Waals surface area contributed by atoms with Crippen LogP contribution in [0.1, 0.15) is 6.42 Å². The zero-order valence-electron chi connectivity index (χ0n) is 9.22. The Morgan fingerprint density at radius 1 is 1.24 bits per heavy atom. The van der Waals surface area contributed by atoms with Crippen LogP contribution in [0.4, 0.5) is 5.69 Å². The molecule has 92 valence electrons. The maximum atomic E-state index is 11.1. The maximum absolute atomic E-state index is 11.1. The zero-order valence-corrected chi connectivity index (χ0v) is 9.22. The fourth-order valence-corrected chi connectivity index (χ4v) is 1.08. The van der Waals surface area contributed by atoms with Crippen LogP contribution in [-0.2, 0) is 14.3 Å². The first kappa shape index (κ1) is 12.8. The third-order valence-corrected chi connectivity index (χ3v) is 1.86. The van der Waals surface area contributed by atoms with Crippen molar-refractivity contribution < 1.29 is 19.1 Å². The predicted molar refractivity (Wildman–Crippen MR) is 61.1 cm³/mol. The van der Waals surface area contributed by atoms with E-state index in [9.17, 15) is 9.59 Å². The second-order valence-corrected chi connectivity index (χ2v) is 3.26. The summed E-state index contributed by atoms with van der Waals surface area (Å²) >= 11 is 0. The van der Waals surface area contributed by atoms with E-state index in [4.69, 9.17) is 16.2 Å². The van der Waals surface area contributed by atoms with Crippen molar-refractivity contribution in [1.82, 2.24) is 0 Å². The highest BCUT2D eigenvalue weighted by Crippen LogP contribution is 2.19. The predicted octanol–water partition coefficient (Wildman–Crippen LogP) is 0.0662. The molecule has 1 aromatic carbocycles. The lowest BCUT2D eigenvalue weighted by atomic mass is 10.3. The number of amides is 1. The minimum atomic E-state index is -0.688. The van der Waals surface area contributed by atoms with Gasteiger partial charge in [-0.15, -0.1) is 0 Å². The van der Waals surface area contributed by atoms with Gasteiger partial charge in [0.15, 0.2) is 6.61 Å². The average Bonchev–Trinajstić information content (AvgIpc) is 2.29. The maximum Gasteiger partial charge on any atom is 0.309 e. The Morgan fingerprint density at radius 2 is 1.94 bits per heavy atom. The summed E-state index contributed by atoms with van der Waals surface area (Å²) < 4.78 is 9.82. The Kier molecular flexibility index (Phi) is 4.80. The van der Waals surface area contributed by atoms with E-state index >= 15 is 0 Å². The van der Waals surface area contributed by atoms with Crippen LogP contribution < -0.4 is 16.2 Å². The van der Waals surface area contributed by atoms with E-state index in [1.54, 1.807) is 24.3 Å². The lowest BCUT2D eigenvalue weighted by molar-refractivity contribution is -0.148. The molecular formula is C11H14N2O4. The molecule has 1 amide bonds. The molecule has 0 saturated heterocycles. The summed E-state index contributed by atoms with van der Waals surface area (Å²) in [5, 5.41) is 0. The minimum Gasteiger partial charge on any atom is -0.491 e. The number of nitrogen functional groups attached to an aromatic ring is 1. The highest BCUT2D eigenvalue weighted by Gasteiger charge is 2.06. The summed E-state index contributed by atoms with van der Waals surface area (Å²) in [6.07, 6.45) is 0.0294. The molecule has 0 saturated carbocycles. The van der Waals surface area contributed by atoms with Gasteiger partial charge in [0.2, 0.25) is 0 Å². The van der Waals surface area contributed by atoms with Crippen molar-refractivity contribution in [1.29, 1.82) is 0 Å². The first-order chi connectivity index (χ1) is 8.09. The molecule has 0 heterocycles. The van der Waals surface area contributed by atoms with E-state index < -0.39 is 18.5 Å². The van der Waals surface area contributed by atoms with Crippen molar-refractivity contribution in [2.24, 2.45) is 5.73 Å². The van der Waals surface area contributed by atoms with E-state index in [1.165, 1.54) is 0 Å². The van der Waals surface area contributed by atoms with Gasteiger partial charge in [0.05, 0.1) is 18.7 Å². The number of hydrogen-bond acceptors (Lipinski definition) is 5. The molecule has 0 fully saturated rings. The fourth-order valence-electron chi connectivity index (χ4n) is 1.08. The van der Waals surface area contributed by atoms with Gasteiger partial charge in [0.1, 0.15) is 5.75 Å². The Hall–Kier alpha value is -2.24. The van der Waals surface area contributed by atoms with Crippen molar-refractivity contribution in [3.63, 3.8) is 0 Å². The van der Waals surface area contributed by atoms with Gasteiger partial charge in [-0.05, 0) is 12.1 Å². The molecule has 0 atom stereocenters. The van der Waals surface area contributed by atoms with E-state index in [2.05, 4.69) is 4.74 Å². The van der Waals surface area contributed by atoms with Gasteiger partial charge < -0.3 is 20.9 Å². The molecule has 0 radical (unpaired) electrons. The summed E-state index contributed by atoms with van der Waals surface area (Å²) in [5.41, 5.74) is 10.9. The molecular weight excluding hydrogens is 224 g/mol. The number of nitrogens with two attached hydrogens (primary N) is 2. The second kappa shape index (κ2) is 6.37. The van der Waals surface area contributed by atoms with Crippen LogP contribution in [-0.4, -0.2) is 25.1 Å². The summed E-state index contributed by atoms with van der Waals surface area (Å²) in [6, 6.07) is 6.95. The molecule has 0 bridgehead atoms. The first-order valence-electron chi connectivity index (χ1n) is 5.01. The third-order valence-electron chi connectivity index (χ3n) is 1.86. The van der Waals surface area contributed by atoms with Crippen LogP contribution in [0.25, 0.3) is 0 Å². The van der Waals surface area contributed by atoms with Gasteiger partial charge in [0.25, 0.3) is 5.91 Å². The largest absolute Gasteiger partial charge is 0.491 e. The molecule has 0 spiro atoms. The average molecular weight is 238 g/mol. The number of anilines is 1. The molecule has 1 aromatic rings. The van der Waals surface area contributed by atoms with Crippen LogP contribution in [0.15, 0.2) is 24.3 Å². The molecule has 0 aliphatic rings. The number of esters is 1. The molecule has 0 aromatic heterocycles. The summed E-state index contributed by atoms with van der Waals surface area (Å²) in [4.78, 5) is 21.4. The molecule has 17 heavy (non-hydrogen) atoms. The Bertz CT molecular complexity index is 406. The quantitative estimate of drug-likeness (QED) is 0.539. The van der Waals surface area contributed by atoms with Crippen molar-refractivity contribution in [2.45, 2.75) is 6.42 Å². The van der Waals surface area contributed by atoms with Crippen molar-refractivity contribution in [3.8, 4) is 5.75 Å². The van der Waals surface area contributed by atoms with Gasteiger partial charge in [-0.1, -0.05) is 12.1 Å². The highest BCUT2D eigenvalue weighted by atomic mass is 16.5. The molecule has 4 N–H and O–H groups in total. The van der Waals surface area contributed by atoms with Crippen molar-refractivity contribution in [3.05, 3.63) is 24.3 Å². The minimum absolute atomic E-state index is 0.0294. The number of hydrogen-bond donors (Lipinski definition) is 2. The SMILES string of the molecule is NC(=O)COC(=O)CCOc1ccccc1N. The monoisotopic (exact) mass is 238 g/mol. The molecule has 1 rings (SSSR count). The van der Waals surface area contributed by atoms with Crippen molar-refractivity contribution >= 4 is 17.6 Å². The van der Waals surface area contributed by atoms with E-state index in [0.717, 1.165) is 0 Å². The van der Waals surface area contributed by atoms with Crippen LogP contribution in [0.2, 0.25) is 0 Å². The number of carbonyl (C=O) groups is 2. The Labute approximate surface area is 98.5 Å². The summed E-state index contributed by atoms with van der Waals surface area (Å²) in [7, 11) is 0. The number of primary amides is 1. The van der Waals surface area contributed by atoms with Gasteiger partial charge in [-0.3, -0.25) is 9.59 Å². The smallest absolute Gasteiger partial charge is 0.309 e.